The summed E-state index contributed by atoms with van der Waals surface area (Å²) in [6.07, 6.45) is 0.518. The quantitative estimate of drug-likeness (QED) is 0.479. The predicted molar refractivity (Wildman–Crippen MR) is 114 cm³/mol. The minimum Gasteiger partial charge on any atom is -0.494 e. The van der Waals surface area contributed by atoms with E-state index in [1.807, 2.05) is 38.1 Å². The Morgan fingerprint density at radius 2 is 2.00 bits per heavy atom. The second-order valence-corrected chi connectivity index (χ2v) is 6.91. The van der Waals surface area contributed by atoms with Gasteiger partial charge in [0.15, 0.2) is 0 Å². The van der Waals surface area contributed by atoms with E-state index in [2.05, 4.69) is 10.3 Å². The van der Waals surface area contributed by atoms with E-state index in [1.165, 1.54) is 0 Å². The van der Waals surface area contributed by atoms with Crippen LogP contribution in [-0.2, 0) is 4.79 Å². The topological polar surface area (TPSA) is 96.9 Å². The van der Waals surface area contributed by atoms with Crippen LogP contribution in [0.3, 0.4) is 0 Å². The molecule has 0 aliphatic rings. The van der Waals surface area contributed by atoms with Crippen molar-refractivity contribution < 1.29 is 14.6 Å². The number of nitrogens with two attached hydrogens (primary N) is 1. The summed E-state index contributed by atoms with van der Waals surface area (Å²) >= 11 is 0. The molecular weight excluding hydrogens is 354 g/mol. The molecule has 4 N–H and O–H groups in total. The highest BCUT2D eigenvalue weighted by molar-refractivity contribution is 6.16. The van der Waals surface area contributed by atoms with Crippen LogP contribution in [0.4, 0.5) is 11.4 Å². The fourth-order valence-corrected chi connectivity index (χ4v) is 2.82. The molecule has 0 aliphatic heterocycles. The number of anilines is 2. The van der Waals surface area contributed by atoms with Crippen LogP contribution in [0.5, 0.6) is 5.75 Å². The third-order valence-corrected chi connectivity index (χ3v) is 4.54. The van der Waals surface area contributed by atoms with Gasteiger partial charge in [-0.3, -0.25) is 9.79 Å². The molecule has 1 unspecified atom stereocenters. The van der Waals surface area contributed by atoms with E-state index in [0.29, 0.717) is 30.1 Å². The molecule has 0 saturated carbocycles. The van der Waals surface area contributed by atoms with Crippen LogP contribution in [0.2, 0.25) is 0 Å². The lowest BCUT2D eigenvalue weighted by molar-refractivity contribution is -0.120. The van der Waals surface area contributed by atoms with Gasteiger partial charge in [0, 0.05) is 29.5 Å². The van der Waals surface area contributed by atoms with Crippen molar-refractivity contribution in [3.8, 4) is 5.75 Å². The molecule has 1 amide bonds. The maximum absolute atomic E-state index is 12.3. The molecule has 150 valence electrons. The van der Waals surface area contributed by atoms with E-state index in [1.54, 1.807) is 32.2 Å². The molecule has 0 spiro atoms. The van der Waals surface area contributed by atoms with E-state index < -0.39 is 5.60 Å². The van der Waals surface area contributed by atoms with Crippen molar-refractivity contribution in [2.24, 2.45) is 4.99 Å². The highest BCUT2D eigenvalue weighted by Crippen LogP contribution is 2.24. The fraction of sp³-hybridized carbons (Fsp3) is 0.364. The number of ether oxygens (including phenoxy) is 1. The highest BCUT2D eigenvalue weighted by Gasteiger charge is 2.22. The number of aliphatic imine (C=N–C) groups is 1. The van der Waals surface area contributed by atoms with Crippen LogP contribution in [0.15, 0.2) is 47.5 Å². The number of carbonyl (C=O) groups excluding carboxylic acids is 1. The number of hydrogen-bond acceptors (Lipinski definition) is 5. The first-order valence-electron chi connectivity index (χ1n) is 9.41. The zero-order valence-electron chi connectivity index (χ0n) is 17.0. The monoisotopic (exact) mass is 383 g/mol. The van der Waals surface area contributed by atoms with Gasteiger partial charge >= 0.3 is 0 Å². The van der Waals surface area contributed by atoms with Crippen LogP contribution in [0.25, 0.3) is 0 Å². The Kier molecular flexibility index (Phi) is 7.18. The molecule has 2 aromatic carbocycles. The van der Waals surface area contributed by atoms with Crippen LogP contribution in [0.1, 0.15) is 44.7 Å². The smallest absolute Gasteiger partial charge is 0.227 e. The van der Waals surface area contributed by atoms with Gasteiger partial charge < -0.3 is 20.9 Å². The highest BCUT2D eigenvalue weighted by atomic mass is 16.5. The maximum atomic E-state index is 12.3. The first kappa shape index (κ1) is 21.4. The summed E-state index contributed by atoms with van der Waals surface area (Å²) in [7, 11) is 1.70. The van der Waals surface area contributed by atoms with Gasteiger partial charge in [-0.1, -0.05) is 19.1 Å². The van der Waals surface area contributed by atoms with Gasteiger partial charge in [-0.05, 0) is 50.6 Å². The Morgan fingerprint density at radius 1 is 1.25 bits per heavy atom. The largest absolute Gasteiger partial charge is 0.494 e. The van der Waals surface area contributed by atoms with Gasteiger partial charge in [0.2, 0.25) is 5.91 Å². The molecule has 0 saturated heterocycles. The molecular formula is C22H29N3O3. The van der Waals surface area contributed by atoms with E-state index in [4.69, 9.17) is 10.5 Å². The van der Waals surface area contributed by atoms with Crippen molar-refractivity contribution in [2.45, 2.75) is 39.2 Å². The van der Waals surface area contributed by atoms with Gasteiger partial charge in [-0.2, -0.15) is 0 Å². The Labute approximate surface area is 166 Å². The number of rotatable bonds is 8. The molecule has 0 bridgehead atoms. The SMILES string of the molecule is CCOc1cccc(/C(=N/C)c2cc(NC(=O)CC(C)(O)CC)ccc2N)c1. The molecule has 6 heteroatoms. The van der Waals surface area contributed by atoms with Crippen molar-refractivity contribution in [3.05, 3.63) is 53.6 Å². The van der Waals surface area contributed by atoms with Crippen LogP contribution < -0.4 is 15.8 Å². The van der Waals surface area contributed by atoms with Gasteiger partial charge in [-0.15, -0.1) is 0 Å². The summed E-state index contributed by atoms with van der Waals surface area (Å²) in [5.41, 5.74) is 8.61. The standard InChI is InChI=1S/C22H29N3O3/c1-5-22(3,27)14-20(26)25-16-10-11-19(23)18(13-16)21(24-4)15-8-7-9-17(12-15)28-6-2/h7-13,27H,5-6,14,23H2,1-4H3,(H,25,26)/b24-21-. The number of nitrogens with one attached hydrogen (secondary N) is 1. The van der Waals surface area contributed by atoms with Crippen LogP contribution >= 0.6 is 0 Å². The number of nitrogens with zero attached hydrogens (tertiary/aromatic N) is 1. The molecule has 6 nitrogen and oxygen atoms in total. The lowest BCUT2D eigenvalue weighted by atomic mass is 9.98. The number of amides is 1. The number of aliphatic hydroxyl groups is 1. The van der Waals surface area contributed by atoms with Gasteiger partial charge in [0.25, 0.3) is 0 Å². The summed E-state index contributed by atoms with van der Waals surface area (Å²) < 4.78 is 5.57. The van der Waals surface area contributed by atoms with Crippen molar-refractivity contribution in [3.63, 3.8) is 0 Å². The molecule has 0 fully saturated rings. The molecule has 28 heavy (non-hydrogen) atoms. The summed E-state index contributed by atoms with van der Waals surface area (Å²) in [5, 5.41) is 12.9. The Morgan fingerprint density at radius 3 is 2.64 bits per heavy atom. The van der Waals surface area contributed by atoms with Crippen molar-refractivity contribution >= 4 is 23.0 Å². The van der Waals surface area contributed by atoms with Gasteiger partial charge in [-0.25, -0.2) is 0 Å². The number of hydrogen-bond donors (Lipinski definition) is 3. The molecule has 2 aromatic rings. The molecule has 0 radical (unpaired) electrons. The third-order valence-electron chi connectivity index (χ3n) is 4.54. The first-order chi connectivity index (χ1) is 13.3. The summed E-state index contributed by atoms with van der Waals surface area (Å²) in [5.74, 6) is 0.502. The average Bonchev–Trinajstić information content (AvgIpc) is 2.65. The molecule has 0 heterocycles. The van der Waals surface area contributed by atoms with Crippen molar-refractivity contribution in [1.82, 2.24) is 0 Å². The normalized spacial score (nSPS) is 13.7. The summed E-state index contributed by atoms with van der Waals surface area (Å²) in [4.78, 5) is 16.7. The molecule has 2 rings (SSSR count). The number of benzene rings is 2. The van der Waals surface area contributed by atoms with Crippen LogP contribution in [-0.4, -0.2) is 36.0 Å². The Bertz CT molecular complexity index is 860. The minimum absolute atomic E-state index is 0.0222. The zero-order valence-corrected chi connectivity index (χ0v) is 17.0. The Balaban J connectivity index is 2.31. The van der Waals surface area contributed by atoms with E-state index in [-0.39, 0.29) is 12.3 Å². The number of nitrogen functional groups attached to an aromatic ring is 1. The number of carbonyl (C=O) groups is 1. The molecule has 0 aliphatic carbocycles. The fourth-order valence-electron chi connectivity index (χ4n) is 2.82. The summed E-state index contributed by atoms with van der Waals surface area (Å²) in [6.45, 7) is 6.00. The van der Waals surface area contributed by atoms with E-state index in [0.717, 1.165) is 16.9 Å². The third kappa shape index (κ3) is 5.57. The van der Waals surface area contributed by atoms with E-state index in [9.17, 15) is 9.90 Å². The van der Waals surface area contributed by atoms with Crippen molar-refractivity contribution in [2.75, 3.05) is 24.7 Å². The van der Waals surface area contributed by atoms with E-state index >= 15 is 0 Å². The Hall–Kier alpha value is -2.86. The average molecular weight is 383 g/mol. The lowest BCUT2D eigenvalue weighted by Crippen LogP contribution is -2.29. The lowest BCUT2D eigenvalue weighted by Gasteiger charge is -2.20. The van der Waals surface area contributed by atoms with Gasteiger partial charge in [0.05, 0.1) is 24.3 Å². The summed E-state index contributed by atoms with van der Waals surface area (Å²) in [6, 6.07) is 12.9. The first-order valence-corrected chi connectivity index (χ1v) is 9.41. The maximum Gasteiger partial charge on any atom is 0.227 e. The second-order valence-electron chi connectivity index (χ2n) is 6.91. The molecule has 0 aromatic heterocycles. The van der Waals surface area contributed by atoms with Gasteiger partial charge in [0.1, 0.15) is 5.75 Å². The second kappa shape index (κ2) is 9.37. The van der Waals surface area contributed by atoms with Crippen LogP contribution in [0, 0.1) is 0 Å². The zero-order chi connectivity index (χ0) is 20.7. The minimum atomic E-state index is -1.03. The van der Waals surface area contributed by atoms with Crippen molar-refractivity contribution in [1.29, 1.82) is 0 Å². The predicted octanol–water partition coefficient (Wildman–Crippen LogP) is 3.62. The molecule has 1 atom stereocenters.